The maximum atomic E-state index is 12.7. The van der Waals surface area contributed by atoms with Crippen molar-refractivity contribution in [3.05, 3.63) is 422 Å². The Labute approximate surface area is 735 Å². The third-order valence-corrected chi connectivity index (χ3v) is 19.7. The van der Waals surface area contributed by atoms with Crippen molar-refractivity contribution in [3.63, 3.8) is 0 Å². The Morgan fingerprint density at radius 1 is 0.437 bits per heavy atom. The molecular formula is C97H78Cl3F3N15O8+. The van der Waals surface area contributed by atoms with Crippen LogP contribution in [0.5, 0.6) is 17.6 Å². The summed E-state index contributed by atoms with van der Waals surface area (Å²) in [5.74, 6) is 2.37. The molecule has 4 aromatic carbocycles. The van der Waals surface area contributed by atoms with Crippen LogP contribution in [0.1, 0.15) is 121 Å². The number of pyridine rings is 10. The molecule has 126 heavy (non-hydrogen) atoms. The van der Waals surface area contributed by atoms with Crippen molar-refractivity contribution in [1.82, 2.24) is 69.8 Å². The maximum absolute atomic E-state index is 12.7. The second-order valence-electron chi connectivity index (χ2n) is 28.2. The number of halogens is 6. The highest BCUT2D eigenvalue weighted by Crippen LogP contribution is 2.32. The molecule has 0 radical (unpaired) electrons. The fraction of sp³-hybridized carbons (Fsp3) is 0.103. The number of nitrogens with zero attached hydrogens (tertiary/aromatic N) is 10. The first-order valence-electron chi connectivity index (χ1n) is 39.0. The summed E-state index contributed by atoms with van der Waals surface area (Å²) in [6.45, 7) is 7.24. The topological polar surface area (TPSA) is 323 Å². The van der Waals surface area contributed by atoms with Crippen molar-refractivity contribution in [2.45, 2.75) is 65.9 Å². The Morgan fingerprint density at radius 2 is 0.881 bits per heavy atom. The molecule has 7 N–H and O–H groups in total. The van der Waals surface area contributed by atoms with Crippen molar-refractivity contribution >= 4 is 108 Å². The van der Waals surface area contributed by atoms with Gasteiger partial charge < -0.3 is 44.4 Å². The number of alkyl halides is 3. The Balaban J connectivity index is 0.000000130. The van der Waals surface area contributed by atoms with Crippen LogP contribution in [0.3, 0.4) is 0 Å². The predicted molar refractivity (Wildman–Crippen MR) is 479 cm³/mol. The van der Waals surface area contributed by atoms with E-state index in [0.29, 0.717) is 92.4 Å². The van der Waals surface area contributed by atoms with Crippen LogP contribution in [0, 0.1) is 27.0 Å². The molecule has 1 aliphatic heterocycles. The highest BCUT2D eigenvalue weighted by molar-refractivity contribution is 6.67. The summed E-state index contributed by atoms with van der Waals surface area (Å²) < 4.78 is 53.3. The quantitative estimate of drug-likeness (QED) is 0.0171. The van der Waals surface area contributed by atoms with E-state index in [2.05, 4.69) is 144 Å². The molecule has 29 heteroatoms. The molecule has 18 aromatic rings. The molecule has 1 atom stereocenters. The van der Waals surface area contributed by atoms with E-state index in [1.807, 2.05) is 122 Å². The van der Waals surface area contributed by atoms with E-state index in [1.54, 1.807) is 98.4 Å². The largest absolute Gasteiger partial charge is 0.473 e. The van der Waals surface area contributed by atoms with Crippen molar-refractivity contribution < 1.29 is 52.0 Å². The zero-order valence-electron chi connectivity index (χ0n) is 67.6. The number of carbonyl (C=O) groups excluding carboxylic acids is 3. The van der Waals surface area contributed by atoms with Crippen molar-refractivity contribution in [2.75, 3.05) is 5.32 Å². The standard InChI is InChI=1S/C21H19N3O2.C21H17N3O2.C21H19N3O.C13H8ClN3O.C8H7F3O.C7H5N2.C6H3Cl2NO/c2*1-14-4-2-5-15(10-14)13-26-19-8-7-16(11-23-19)20(25)18-12-24-21-17(18)6-3-9-22-21;1-15-4-2-5-17(10-15)14-25-20-8-7-16(12-23-20)11-18-13-24-21-19(18)6-3-9-22-21;14-11-4-3-8(6-16-11)12(18)10-7-17-13-9(10)2-1-5-15-13;9-8(10,11)7-3-1-2-6(4-7)5-12;1-2-6-3-5-9-7(6)8-4-1;7-5-2-1-4(3-9-5)6(8)10/h2-12,20,25H,13H2,1H3,(H,22,24);2-12H,13H2,1H3,(H,22,24);2-10,12-13H,11,14H2,1H3,(H,22,24);1-7H,(H,15,17);1-4,12H,5H2;1-4H,(H,8,9);1-3H/q;;;;;+1;. The van der Waals surface area contributed by atoms with Crippen LogP contribution in [-0.2, 0) is 39.0 Å². The van der Waals surface area contributed by atoms with Crippen molar-refractivity contribution in [2.24, 2.45) is 0 Å². The maximum Gasteiger partial charge on any atom is 0.416 e. The van der Waals surface area contributed by atoms with Gasteiger partial charge in [-0.25, -0.2) is 44.9 Å². The molecule has 0 saturated carbocycles. The van der Waals surface area contributed by atoms with Gasteiger partial charge in [0.2, 0.25) is 17.6 Å². The van der Waals surface area contributed by atoms with E-state index in [9.17, 15) is 32.7 Å². The van der Waals surface area contributed by atoms with Gasteiger partial charge in [0, 0.05) is 172 Å². The molecule has 1 aliphatic rings. The third kappa shape index (κ3) is 24.7. The van der Waals surface area contributed by atoms with Crippen molar-refractivity contribution in [1.29, 1.82) is 0 Å². The SMILES string of the molecule is Cc1cccc(COc2ccc(C(=O)c3c[nH]c4ncccc34)cn2)c1.Cc1cccc(COc2ccc(C(O)c3c[nH]c4ncccc34)cn2)c1.Cc1cccc(COc2ccc(Cc3c[nH]c4ncccc34)cn2)c1.O=C(Cl)c1ccc(Cl)nc1.O=C(c1ccc(Cl)nc1)c1c[nH]c2ncccc12.OCc1cccc(C(F)(F)F)c1.[C+]1=Cc2cccnc2N1. The lowest BCUT2D eigenvalue weighted by Gasteiger charge is -2.11. The average molecular weight is 1750 g/mol. The number of hydrogen-bond acceptors (Lipinski definition) is 19. The summed E-state index contributed by atoms with van der Waals surface area (Å²) in [4.78, 5) is 89.3. The van der Waals surface area contributed by atoms with Gasteiger partial charge in [-0.1, -0.05) is 131 Å². The second-order valence-corrected chi connectivity index (χ2v) is 29.3. The molecule has 19 rings (SSSR count). The van der Waals surface area contributed by atoms with E-state index < -0.39 is 23.1 Å². The third-order valence-electron chi connectivity index (χ3n) is 19.0. The minimum atomic E-state index is -4.33. The number of aromatic nitrogens is 14. The smallest absolute Gasteiger partial charge is 0.416 e. The number of anilines is 1. The number of aromatic amines is 4. The fourth-order valence-electron chi connectivity index (χ4n) is 12.7. The molecular weight excluding hydrogens is 1670 g/mol. The monoisotopic (exact) mass is 1740 g/mol. The number of hydrogen-bond donors (Lipinski definition) is 7. The number of carbonyl (C=O) groups is 3. The van der Waals surface area contributed by atoms with Gasteiger partial charge in [-0.05, 0) is 169 Å². The van der Waals surface area contributed by atoms with Gasteiger partial charge in [0.25, 0.3) is 11.1 Å². The van der Waals surface area contributed by atoms with Gasteiger partial charge in [-0.15, -0.1) is 0 Å². The predicted octanol–water partition coefficient (Wildman–Crippen LogP) is 20.9. The van der Waals surface area contributed by atoms with Crippen LogP contribution in [0.25, 0.3) is 50.2 Å². The number of ketones is 2. The van der Waals surface area contributed by atoms with E-state index in [4.69, 9.17) is 54.1 Å². The summed E-state index contributed by atoms with van der Waals surface area (Å²) in [6.07, 6.45) is 24.1. The number of benzene rings is 4. The van der Waals surface area contributed by atoms with Gasteiger partial charge in [-0.2, -0.15) is 23.5 Å². The molecule has 15 heterocycles. The molecule has 1 unspecified atom stereocenters. The Hall–Kier alpha value is -15.0. The normalized spacial score (nSPS) is 11.2. The zero-order valence-corrected chi connectivity index (χ0v) is 69.9. The van der Waals surface area contributed by atoms with Crippen LogP contribution in [-0.4, -0.2) is 96.8 Å². The van der Waals surface area contributed by atoms with Crippen LogP contribution in [0.2, 0.25) is 10.3 Å². The number of fused-ring (bicyclic) bond motifs is 5. The zero-order chi connectivity index (χ0) is 88.3. The van der Waals surface area contributed by atoms with Crippen LogP contribution < -0.4 is 19.5 Å². The van der Waals surface area contributed by atoms with Crippen LogP contribution >= 0.6 is 34.8 Å². The number of nitrogens with one attached hydrogen (secondary N) is 5. The molecule has 0 bridgehead atoms. The molecule has 0 fully saturated rings. The summed E-state index contributed by atoms with van der Waals surface area (Å²) >= 11 is 16.3. The average Bonchev–Trinajstić information content (AvgIpc) is 1.83. The number of rotatable bonds is 19. The number of ether oxygens (including phenoxy) is 3. The Bertz CT molecular complexity index is 6720. The molecule has 0 amide bonds. The summed E-state index contributed by atoms with van der Waals surface area (Å²) in [7, 11) is 0. The highest BCUT2D eigenvalue weighted by atomic mass is 35.5. The lowest BCUT2D eigenvalue weighted by Crippen LogP contribution is -2.05. The molecule has 23 nitrogen and oxygen atoms in total. The van der Waals surface area contributed by atoms with Gasteiger partial charge in [0.05, 0.1) is 17.7 Å². The Morgan fingerprint density at radius 3 is 1.36 bits per heavy atom. The molecule has 14 aromatic heterocycles. The first-order chi connectivity index (χ1) is 61.1. The first kappa shape index (κ1) is 88.8. The van der Waals surface area contributed by atoms with Crippen molar-refractivity contribution in [3.8, 4) is 17.6 Å². The van der Waals surface area contributed by atoms with Gasteiger partial charge >= 0.3 is 6.18 Å². The molecule has 0 spiro atoms. The van der Waals surface area contributed by atoms with Gasteiger partial charge in [0.15, 0.2) is 17.1 Å². The lowest BCUT2D eigenvalue weighted by molar-refractivity contribution is -0.137. The highest BCUT2D eigenvalue weighted by Gasteiger charge is 2.30. The van der Waals surface area contributed by atoms with E-state index in [-0.39, 0.29) is 23.7 Å². The Kier molecular flexibility index (Phi) is 30.4. The second kappa shape index (κ2) is 43.2. The fourth-order valence-corrected chi connectivity index (χ4v) is 13.1. The molecule has 0 saturated heterocycles. The summed E-state index contributed by atoms with van der Waals surface area (Å²) in [5, 5.41) is 26.0. The molecule has 630 valence electrons. The van der Waals surface area contributed by atoms with Gasteiger partial charge in [0.1, 0.15) is 71.1 Å². The summed E-state index contributed by atoms with van der Waals surface area (Å²) in [5.41, 5.74) is 17.1. The van der Waals surface area contributed by atoms with E-state index in [1.165, 1.54) is 58.9 Å². The summed E-state index contributed by atoms with van der Waals surface area (Å²) in [6, 6.07) is 65.6. The van der Waals surface area contributed by atoms with Gasteiger partial charge in [-0.3, -0.25) is 14.4 Å². The number of aliphatic hydroxyl groups is 2. The number of H-pyrrole nitrogens is 4. The van der Waals surface area contributed by atoms with Crippen LogP contribution in [0.15, 0.2) is 305 Å². The minimum absolute atomic E-state index is 0.0954. The lowest BCUT2D eigenvalue weighted by atomic mass is 10.0. The van der Waals surface area contributed by atoms with Crippen LogP contribution in [0.4, 0.5) is 19.0 Å². The molecule has 0 aliphatic carbocycles. The minimum Gasteiger partial charge on any atom is -0.473 e. The number of aliphatic hydroxyl groups excluding tert-OH is 2. The number of aryl methyl sites for hydroxylation is 3. The first-order valence-corrected chi connectivity index (χ1v) is 40.1. The van der Waals surface area contributed by atoms with E-state index in [0.717, 1.165) is 90.6 Å². The van der Waals surface area contributed by atoms with E-state index >= 15 is 0 Å².